The number of amides is 1. The van der Waals surface area contributed by atoms with Crippen LogP contribution in [0.2, 0.25) is 5.02 Å². The molecule has 0 bridgehead atoms. The predicted molar refractivity (Wildman–Crippen MR) is 73.1 cm³/mol. The van der Waals surface area contributed by atoms with Crippen molar-refractivity contribution in [1.82, 2.24) is 0 Å². The van der Waals surface area contributed by atoms with Gasteiger partial charge in [0.25, 0.3) is 5.91 Å². The summed E-state index contributed by atoms with van der Waals surface area (Å²) in [5.74, 6) is -0.796. The fraction of sp³-hybridized carbons (Fsp3) is 0.357. The first-order valence-electron chi connectivity index (χ1n) is 6.26. The quantitative estimate of drug-likeness (QED) is 0.865. The van der Waals surface area contributed by atoms with Crippen molar-refractivity contribution in [3.63, 3.8) is 0 Å². The van der Waals surface area contributed by atoms with Crippen molar-refractivity contribution in [2.24, 2.45) is 5.92 Å². The fourth-order valence-corrected chi connectivity index (χ4v) is 2.00. The van der Waals surface area contributed by atoms with Gasteiger partial charge in [-0.25, -0.2) is 0 Å². The number of hydrogen-bond donors (Lipinski definition) is 1. The Kier molecular flexibility index (Phi) is 4.59. The zero-order valence-corrected chi connectivity index (χ0v) is 11.4. The van der Waals surface area contributed by atoms with Gasteiger partial charge in [0.15, 0.2) is 6.61 Å². The molecule has 1 fully saturated rings. The van der Waals surface area contributed by atoms with Crippen molar-refractivity contribution in [1.29, 1.82) is 5.26 Å². The highest BCUT2D eigenvalue weighted by atomic mass is 35.5. The van der Waals surface area contributed by atoms with Gasteiger partial charge in [0.2, 0.25) is 0 Å². The second-order valence-electron chi connectivity index (χ2n) is 4.59. The molecule has 1 aliphatic rings. The van der Waals surface area contributed by atoms with Gasteiger partial charge in [-0.2, -0.15) is 5.26 Å². The van der Waals surface area contributed by atoms with Crippen molar-refractivity contribution < 1.29 is 14.3 Å². The maximum absolute atomic E-state index is 11.6. The summed E-state index contributed by atoms with van der Waals surface area (Å²) in [7, 11) is 0. The van der Waals surface area contributed by atoms with Crippen LogP contribution in [0.1, 0.15) is 24.8 Å². The molecule has 1 saturated carbocycles. The summed E-state index contributed by atoms with van der Waals surface area (Å²) in [4.78, 5) is 23.1. The Labute approximate surface area is 121 Å². The molecular weight excluding hydrogens is 280 g/mol. The number of ether oxygens (including phenoxy) is 1. The first kappa shape index (κ1) is 14.4. The summed E-state index contributed by atoms with van der Waals surface area (Å²) >= 11 is 5.85. The van der Waals surface area contributed by atoms with Crippen LogP contribution in [0.15, 0.2) is 18.2 Å². The largest absolute Gasteiger partial charge is 0.455 e. The van der Waals surface area contributed by atoms with Gasteiger partial charge in [-0.05, 0) is 31.0 Å². The highest BCUT2D eigenvalue weighted by Gasteiger charge is 2.27. The van der Waals surface area contributed by atoms with E-state index in [0.717, 1.165) is 19.3 Å². The number of esters is 1. The van der Waals surface area contributed by atoms with Crippen molar-refractivity contribution in [3.8, 4) is 6.07 Å². The van der Waals surface area contributed by atoms with E-state index in [1.807, 2.05) is 6.07 Å². The van der Waals surface area contributed by atoms with E-state index in [0.29, 0.717) is 11.3 Å². The third-order valence-corrected chi connectivity index (χ3v) is 3.47. The molecule has 6 heteroatoms. The number of nitriles is 1. The van der Waals surface area contributed by atoms with Crippen LogP contribution in [0.4, 0.5) is 5.69 Å². The van der Waals surface area contributed by atoms with Gasteiger partial charge in [0.1, 0.15) is 6.07 Å². The minimum Gasteiger partial charge on any atom is -0.455 e. The van der Waals surface area contributed by atoms with Crippen LogP contribution in [0.25, 0.3) is 0 Å². The Hall–Kier alpha value is -2.06. The van der Waals surface area contributed by atoms with Crippen molar-refractivity contribution >= 4 is 29.2 Å². The zero-order valence-electron chi connectivity index (χ0n) is 10.7. The summed E-state index contributed by atoms with van der Waals surface area (Å²) in [6, 6.07) is 6.48. The third kappa shape index (κ3) is 3.49. The van der Waals surface area contributed by atoms with Crippen molar-refractivity contribution in [2.45, 2.75) is 19.3 Å². The average Bonchev–Trinajstić information content (AvgIpc) is 2.34. The summed E-state index contributed by atoms with van der Waals surface area (Å²) in [5, 5.41) is 11.6. The highest BCUT2D eigenvalue weighted by Crippen LogP contribution is 2.27. The molecule has 20 heavy (non-hydrogen) atoms. The summed E-state index contributed by atoms with van der Waals surface area (Å²) in [6.07, 6.45) is 2.72. The second-order valence-corrected chi connectivity index (χ2v) is 5.00. The summed E-state index contributed by atoms with van der Waals surface area (Å²) in [6.45, 7) is -0.313. The number of hydrogen-bond acceptors (Lipinski definition) is 4. The molecule has 1 aromatic rings. The molecule has 0 radical (unpaired) electrons. The van der Waals surface area contributed by atoms with Crippen LogP contribution in [-0.4, -0.2) is 18.5 Å². The van der Waals surface area contributed by atoms with Gasteiger partial charge in [0.05, 0.1) is 16.5 Å². The lowest BCUT2D eigenvalue weighted by Crippen LogP contribution is -2.28. The SMILES string of the molecule is N#Cc1ccc(NC(=O)COC(=O)C2CCC2)cc1Cl. The molecule has 0 heterocycles. The molecule has 1 amide bonds. The first-order chi connectivity index (χ1) is 9.60. The Morgan fingerprint density at radius 2 is 2.20 bits per heavy atom. The maximum Gasteiger partial charge on any atom is 0.309 e. The van der Waals surface area contributed by atoms with Gasteiger partial charge >= 0.3 is 5.97 Å². The van der Waals surface area contributed by atoms with Gasteiger partial charge in [-0.15, -0.1) is 0 Å². The lowest BCUT2D eigenvalue weighted by Gasteiger charge is -2.22. The number of anilines is 1. The Morgan fingerprint density at radius 1 is 1.45 bits per heavy atom. The Morgan fingerprint density at radius 3 is 2.75 bits per heavy atom. The number of nitrogens with one attached hydrogen (secondary N) is 1. The Bertz CT molecular complexity index is 576. The molecule has 1 aliphatic carbocycles. The van der Waals surface area contributed by atoms with Crippen LogP contribution in [0.5, 0.6) is 0 Å². The number of carbonyl (C=O) groups is 2. The van der Waals surface area contributed by atoms with Gasteiger partial charge in [-0.1, -0.05) is 18.0 Å². The predicted octanol–water partition coefficient (Wildman–Crippen LogP) is 2.49. The monoisotopic (exact) mass is 292 g/mol. The highest BCUT2D eigenvalue weighted by molar-refractivity contribution is 6.32. The maximum atomic E-state index is 11.6. The molecule has 0 saturated heterocycles. The van der Waals surface area contributed by atoms with Crippen molar-refractivity contribution in [3.05, 3.63) is 28.8 Å². The topological polar surface area (TPSA) is 79.2 Å². The molecule has 5 nitrogen and oxygen atoms in total. The second kappa shape index (κ2) is 6.40. The van der Waals surface area contributed by atoms with Gasteiger partial charge < -0.3 is 10.1 Å². The molecule has 2 rings (SSSR count). The Balaban J connectivity index is 1.83. The van der Waals surface area contributed by atoms with E-state index in [1.165, 1.54) is 12.1 Å². The van der Waals surface area contributed by atoms with E-state index in [2.05, 4.69) is 5.32 Å². The standard InChI is InChI=1S/C14H13ClN2O3/c15-12-6-11(5-4-10(12)7-16)17-13(18)8-20-14(19)9-2-1-3-9/h4-6,9H,1-3,8H2,(H,17,18). The van der Waals surface area contributed by atoms with E-state index in [-0.39, 0.29) is 23.5 Å². The first-order valence-corrected chi connectivity index (χ1v) is 6.64. The molecule has 104 valence electrons. The molecule has 0 spiro atoms. The van der Waals surface area contributed by atoms with E-state index in [1.54, 1.807) is 6.07 Å². The normalized spacial score (nSPS) is 14.0. The van der Waals surface area contributed by atoms with E-state index in [9.17, 15) is 9.59 Å². The van der Waals surface area contributed by atoms with Crippen LogP contribution in [0, 0.1) is 17.2 Å². The minimum atomic E-state index is -0.432. The minimum absolute atomic E-state index is 0.0489. The fourth-order valence-electron chi connectivity index (χ4n) is 1.78. The lowest BCUT2D eigenvalue weighted by atomic mass is 9.86. The molecular formula is C14H13ClN2O3. The average molecular weight is 293 g/mol. The lowest BCUT2D eigenvalue weighted by molar-refractivity contribution is -0.154. The number of nitrogens with zero attached hydrogens (tertiary/aromatic N) is 1. The molecule has 0 atom stereocenters. The molecule has 0 aromatic heterocycles. The van der Waals surface area contributed by atoms with Crippen LogP contribution in [0.3, 0.4) is 0 Å². The van der Waals surface area contributed by atoms with Gasteiger partial charge in [-0.3, -0.25) is 9.59 Å². The molecule has 0 unspecified atom stereocenters. The summed E-state index contributed by atoms with van der Waals surface area (Å²) < 4.78 is 4.92. The van der Waals surface area contributed by atoms with Gasteiger partial charge in [0, 0.05) is 5.69 Å². The van der Waals surface area contributed by atoms with E-state index < -0.39 is 5.91 Å². The third-order valence-electron chi connectivity index (χ3n) is 3.16. The van der Waals surface area contributed by atoms with E-state index in [4.69, 9.17) is 21.6 Å². The number of benzene rings is 1. The molecule has 0 aliphatic heterocycles. The number of carbonyl (C=O) groups excluding carboxylic acids is 2. The van der Waals surface area contributed by atoms with Crippen LogP contribution < -0.4 is 5.32 Å². The van der Waals surface area contributed by atoms with Crippen LogP contribution >= 0.6 is 11.6 Å². The number of rotatable bonds is 4. The number of halogens is 1. The zero-order chi connectivity index (χ0) is 14.5. The van der Waals surface area contributed by atoms with E-state index >= 15 is 0 Å². The van der Waals surface area contributed by atoms with Crippen molar-refractivity contribution in [2.75, 3.05) is 11.9 Å². The molecule has 1 aromatic carbocycles. The summed E-state index contributed by atoms with van der Waals surface area (Å²) in [5.41, 5.74) is 0.791. The van der Waals surface area contributed by atoms with Crippen LogP contribution in [-0.2, 0) is 14.3 Å². The smallest absolute Gasteiger partial charge is 0.309 e. The molecule has 1 N–H and O–H groups in total.